The number of Topliss-reactive ketones (excluding diaryl/α,β-unsaturated/α-hetero) is 1. The monoisotopic (exact) mass is 311 g/mol. The van der Waals surface area contributed by atoms with Gasteiger partial charge in [-0.25, -0.2) is 0 Å². The highest BCUT2D eigenvalue weighted by molar-refractivity contribution is 6.83. The number of benzene rings is 1. The molecule has 0 unspecified atom stereocenters. The lowest BCUT2D eigenvalue weighted by molar-refractivity contribution is -0.108. The molecule has 4 heteroatoms. The second-order valence-electron chi connectivity index (χ2n) is 4.98. The molecule has 3 aromatic rings. The van der Waals surface area contributed by atoms with Crippen molar-refractivity contribution >= 4 is 28.1 Å². The van der Waals surface area contributed by atoms with E-state index in [2.05, 4.69) is 0 Å². The zero-order valence-corrected chi connectivity index (χ0v) is 12.8. The van der Waals surface area contributed by atoms with Gasteiger partial charge in [0, 0.05) is 17.3 Å². The summed E-state index contributed by atoms with van der Waals surface area (Å²) in [5.41, 5.74) is 3.98. The number of carbonyl (C=O) groups is 2. The summed E-state index contributed by atoms with van der Waals surface area (Å²) >= 11 is 5.47. The van der Waals surface area contributed by atoms with E-state index in [4.69, 9.17) is 11.6 Å². The molecule has 0 aliphatic carbocycles. The SMILES string of the molecule is CCc1c(-c2ccccc2)c(C(=O)C(=O)Cl)n2ccccc12. The minimum Gasteiger partial charge on any atom is -0.313 e. The standard InChI is InChI=1S/C18H14ClNO2/c1-2-13-14-10-6-7-11-20(14)16(17(21)18(19)22)15(13)12-8-4-3-5-9-12/h3-11H,2H2,1H3. The fraction of sp³-hybridized carbons (Fsp3) is 0.111. The van der Waals surface area contributed by atoms with Crippen molar-refractivity contribution in [2.45, 2.75) is 13.3 Å². The van der Waals surface area contributed by atoms with Crippen LogP contribution in [0.5, 0.6) is 0 Å². The number of halogens is 1. The van der Waals surface area contributed by atoms with Crippen LogP contribution in [0.25, 0.3) is 16.6 Å². The van der Waals surface area contributed by atoms with Gasteiger partial charge in [0.25, 0.3) is 11.0 Å². The number of hydrogen-bond acceptors (Lipinski definition) is 2. The van der Waals surface area contributed by atoms with E-state index in [1.807, 2.05) is 55.5 Å². The first-order valence-corrected chi connectivity index (χ1v) is 7.44. The molecular formula is C18H14ClNO2. The number of ketones is 1. The average molecular weight is 312 g/mol. The molecule has 22 heavy (non-hydrogen) atoms. The Morgan fingerprint density at radius 2 is 1.73 bits per heavy atom. The maximum absolute atomic E-state index is 12.4. The number of pyridine rings is 1. The molecule has 0 aliphatic rings. The lowest BCUT2D eigenvalue weighted by Crippen LogP contribution is -2.11. The third kappa shape index (κ3) is 2.24. The molecule has 3 rings (SSSR count). The molecule has 0 saturated carbocycles. The van der Waals surface area contributed by atoms with Crippen LogP contribution in [0, 0.1) is 0 Å². The first-order valence-electron chi connectivity index (χ1n) is 7.06. The third-order valence-electron chi connectivity index (χ3n) is 3.76. The summed E-state index contributed by atoms with van der Waals surface area (Å²) in [7, 11) is 0. The van der Waals surface area contributed by atoms with Crippen LogP contribution in [0.4, 0.5) is 0 Å². The Hall–Kier alpha value is -2.39. The van der Waals surface area contributed by atoms with Gasteiger partial charge in [-0.2, -0.15) is 0 Å². The minimum atomic E-state index is -0.969. The second kappa shape index (κ2) is 5.78. The Morgan fingerprint density at radius 1 is 1.05 bits per heavy atom. The van der Waals surface area contributed by atoms with Crippen LogP contribution < -0.4 is 0 Å². The Kier molecular flexibility index (Phi) is 3.82. The Balaban J connectivity index is 2.45. The number of fused-ring (bicyclic) bond motifs is 1. The van der Waals surface area contributed by atoms with E-state index in [0.717, 1.165) is 28.6 Å². The molecule has 0 N–H and O–H groups in total. The summed E-state index contributed by atoms with van der Waals surface area (Å²) in [6.07, 6.45) is 2.54. The van der Waals surface area contributed by atoms with Crippen LogP contribution in [-0.2, 0) is 11.2 Å². The van der Waals surface area contributed by atoms with E-state index < -0.39 is 11.0 Å². The number of nitrogens with zero attached hydrogens (tertiary/aromatic N) is 1. The zero-order valence-electron chi connectivity index (χ0n) is 12.0. The Labute approximate surface area is 133 Å². The predicted octanol–water partition coefficient (Wildman–Crippen LogP) is 4.12. The number of carbonyl (C=O) groups excluding carboxylic acids is 2. The zero-order chi connectivity index (χ0) is 15.7. The summed E-state index contributed by atoms with van der Waals surface area (Å²) in [6, 6.07) is 15.3. The highest BCUT2D eigenvalue weighted by Gasteiger charge is 2.26. The fourth-order valence-electron chi connectivity index (χ4n) is 2.87. The maximum atomic E-state index is 12.4. The molecule has 0 bridgehead atoms. The van der Waals surface area contributed by atoms with Crippen LogP contribution >= 0.6 is 11.6 Å². The van der Waals surface area contributed by atoms with Crippen molar-refractivity contribution < 1.29 is 9.59 Å². The topological polar surface area (TPSA) is 38.5 Å². The average Bonchev–Trinajstić information content (AvgIpc) is 2.89. The summed E-state index contributed by atoms with van der Waals surface area (Å²) in [5, 5.41) is -0.969. The van der Waals surface area contributed by atoms with Gasteiger partial charge in [-0.3, -0.25) is 9.59 Å². The number of aromatic nitrogens is 1. The van der Waals surface area contributed by atoms with Crippen LogP contribution in [-0.4, -0.2) is 15.4 Å². The molecule has 2 aromatic heterocycles. The fourth-order valence-corrected chi connectivity index (χ4v) is 2.95. The lowest BCUT2D eigenvalue weighted by atomic mass is 9.98. The van der Waals surface area contributed by atoms with E-state index in [1.54, 1.807) is 10.6 Å². The number of hydrogen-bond donors (Lipinski definition) is 0. The van der Waals surface area contributed by atoms with Crippen molar-refractivity contribution in [2.75, 3.05) is 0 Å². The van der Waals surface area contributed by atoms with Gasteiger partial charge in [-0.05, 0) is 41.3 Å². The smallest absolute Gasteiger partial charge is 0.294 e. The highest BCUT2D eigenvalue weighted by atomic mass is 35.5. The molecule has 2 heterocycles. The van der Waals surface area contributed by atoms with E-state index in [9.17, 15) is 9.59 Å². The van der Waals surface area contributed by atoms with Crippen LogP contribution in [0.15, 0.2) is 54.7 Å². The summed E-state index contributed by atoms with van der Waals surface area (Å²) < 4.78 is 1.75. The van der Waals surface area contributed by atoms with Gasteiger partial charge in [0.05, 0.1) is 0 Å². The summed E-state index contributed by atoms with van der Waals surface area (Å²) in [5.74, 6) is -0.679. The maximum Gasteiger partial charge on any atom is 0.294 e. The van der Waals surface area contributed by atoms with E-state index in [0.29, 0.717) is 5.69 Å². The molecule has 0 radical (unpaired) electrons. The van der Waals surface area contributed by atoms with Gasteiger partial charge < -0.3 is 4.40 Å². The molecule has 110 valence electrons. The molecule has 0 fully saturated rings. The first kappa shape index (κ1) is 14.5. The van der Waals surface area contributed by atoms with Crippen molar-refractivity contribution in [1.82, 2.24) is 4.40 Å². The van der Waals surface area contributed by atoms with Crippen LogP contribution in [0.2, 0.25) is 0 Å². The molecular weight excluding hydrogens is 298 g/mol. The second-order valence-corrected chi connectivity index (χ2v) is 5.32. The van der Waals surface area contributed by atoms with Crippen molar-refractivity contribution in [2.24, 2.45) is 0 Å². The van der Waals surface area contributed by atoms with Crippen molar-refractivity contribution in [3.05, 3.63) is 66.0 Å². The largest absolute Gasteiger partial charge is 0.313 e. The van der Waals surface area contributed by atoms with Gasteiger partial charge in [-0.15, -0.1) is 0 Å². The molecule has 1 aromatic carbocycles. The van der Waals surface area contributed by atoms with Gasteiger partial charge in [0.15, 0.2) is 0 Å². The van der Waals surface area contributed by atoms with Gasteiger partial charge in [0.2, 0.25) is 0 Å². The predicted molar refractivity (Wildman–Crippen MR) is 87.4 cm³/mol. The lowest BCUT2D eigenvalue weighted by Gasteiger charge is -2.05. The van der Waals surface area contributed by atoms with Gasteiger partial charge >= 0.3 is 0 Å². The Morgan fingerprint density at radius 3 is 2.36 bits per heavy atom. The van der Waals surface area contributed by atoms with E-state index in [-0.39, 0.29) is 0 Å². The molecule has 0 spiro atoms. The molecule has 0 aliphatic heterocycles. The summed E-state index contributed by atoms with van der Waals surface area (Å²) in [6.45, 7) is 2.03. The normalized spacial score (nSPS) is 10.8. The molecule has 0 saturated heterocycles. The van der Waals surface area contributed by atoms with Crippen LogP contribution in [0.1, 0.15) is 23.0 Å². The molecule has 0 atom stereocenters. The Bertz CT molecular complexity index is 865. The minimum absolute atomic E-state index is 0.332. The van der Waals surface area contributed by atoms with Crippen molar-refractivity contribution in [1.29, 1.82) is 0 Å². The first-order chi connectivity index (χ1) is 10.6. The van der Waals surface area contributed by atoms with E-state index >= 15 is 0 Å². The van der Waals surface area contributed by atoms with Gasteiger partial charge in [-0.1, -0.05) is 43.3 Å². The summed E-state index contributed by atoms with van der Waals surface area (Å²) in [4.78, 5) is 23.9. The molecule has 3 nitrogen and oxygen atoms in total. The highest BCUT2D eigenvalue weighted by Crippen LogP contribution is 2.34. The molecule has 0 amide bonds. The number of rotatable bonds is 4. The third-order valence-corrected chi connectivity index (χ3v) is 3.93. The van der Waals surface area contributed by atoms with Crippen LogP contribution in [0.3, 0.4) is 0 Å². The quantitative estimate of drug-likeness (QED) is 0.413. The van der Waals surface area contributed by atoms with Gasteiger partial charge in [0.1, 0.15) is 5.69 Å². The van der Waals surface area contributed by atoms with Crippen molar-refractivity contribution in [3.8, 4) is 11.1 Å². The van der Waals surface area contributed by atoms with E-state index in [1.165, 1.54) is 0 Å². The van der Waals surface area contributed by atoms with Crippen molar-refractivity contribution in [3.63, 3.8) is 0 Å². The number of aryl methyl sites for hydroxylation is 1.